The third-order valence-corrected chi connectivity index (χ3v) is 5.10. The van der Waals surface area contributed by atoms with Crippen LogP contribution in [0.3, 0.4) is 0 Å². The third-order valence-electron chi connectivity index (χ3n) is 5.10. The highest BCUT2D eigenvalue weighted by Crippen LogP contribution is 2.29. The van der Waals surface area contributed by atoms with Gasteiger partial charge in [-0.05, 0) is 38.3 Å². The van der Waals surface area contributed by atoms with E-state index in [1.807, 2.05) is 0 Å². The van der Waals surface area contributed by atoms with Gasteiger partial charge >= 0.3 is 0 Å². The molecule has 1 saturated carbocycles. The van der Waals surface area contributed by atoms with Crippen molar-refractivity contribution in [1.82, 2.24) is 15.5 Å². The molecule has 1 saturated heterocycles. The molecule has 4 unspecified atom stereocenters. The molecule has 20 heavy (non-hydrogen) atoms. The SMILES string of the molecule is CC1CCCC(NC(=O)CN(C)C2CCNC2)C1C.Cl. The zero-order valence-corrected chi connectivity index (χ0v) is 13.8. The molecule has 1 aliphatic heterocycles. The normalized spacial score (nSPS) is 33.8. The van der Waals surface area contributed by atoms with Gasteiger partial charge in [-0.15, -0.1) is 12.4 Å². The lowest BCUT2D eigenvalue weighted by atomic mass is 9.78. The Kier molecular flexibility index (Phi) is 7.27. The third kappa shape index (κ3) is 4.61. The van der Waals surface area contributed by atoms with E-state index in [2.05, 4.69) is 36.4 Å². The largest absolute Gasteiger partial charge is 0.352 e. The van der Waals surface area contributed by atoms with Crippen molar-refractivity contribution in [1.29, 1.82) is 0 Å². The van der Waals surface area contributed by atoms with Crippen molar-refractivity contribution in [2.75, 3.05) is 26.7 Å². The number of nitrogens with zero attached hydrogens (tertiary/aromatic N) is 1. The number of carbonyl (C=O) groups is 1. The molecule has 0 aromatic carbocycles. The summed E-state index contributed by atoms with van der Waals surface area (Å²) >= 11 is 0. The topological polar surface area (TPSA) is 44.4 Å². The van der Waals surface area contributed by atoms with Gasteiger partial charge in [-0.2, -0.15) is 0 Å². The van der Waals surface area contributed by atoms with E-state index in [1.54, 1.807) is 0 Å². The van der Waals surface area contributed by atoms with Crippen molar-refractivity contribution in [3.63, 3.8) is 0 Å². The van der Waals surface area contributed by atoms with Crippen molar-refractivity contribution in [3.8, 4) is 0 Å². The number of hydrogen-bond donors (Lipinski definition) is 2. The first-order valence-corrected chi connectivity index (χ1v) is 7.78. The predicted molar refractivity (Wildman–Crippen MR) is 85.3 cm³/mol. The van der Waals surface area contributed by atoms with Crippen molar-refractivity contribution in [3.05, 3.63) is 0 Å². The van der Waals surface area contributed by atoms with Gasteiger partial charge in [0, 0.05) is 18.6 Å². The number of hydrogen-bond acceptors (Lipinski definition) is 3. The molecule has 0 radical (unpaired) electrons. The van der Waals surface area contributed by atoms with Crippen molar-refractivity contribution in [2.45, 2.75) is 51.6 Å². The fraction of sp³-hybridized carbons (Fsp3) is 0.933. The minimum Gasteiger partial charge on any atom is -0.352 e. The van der Waals surface area contributed by atoms with E-state index in [1.165, 1.54) is 12.8 Å². The predicted octanol–water partition coefficient (Wildman–Crippen LogP) is 1.64. The summed E-state index contributed by atoms with van der Waals surface area (Å²) in [6, 6.07) is 0.903. The Hall–Kier alpha value is -0.320. The van der Waals surface area contributed by atoms with Crippen LogP contribution in [0.5, 0.6) is 0 Å². The molecule has 1 heterocycles. The Morgan fingerprint density at radius 1 is 1.30 bits per heavy atom. The van der Waals surface area contributed by atoms with Crippen LogP contribution >= 0.6 is 12.4 Å². The summed E-state index contributed by atoms with van der Waals surface area (Å²) in [5.41, 5.74) is 0. The van der Waals surface area contributed by atoms with E-state index < -0.39 is 0 Å². The van der Waals surface area contributed by atoms with Gasteiger partial charge in [0.05, 0.1) is 6.54 Å². The second kappa shape index (κ2) is 8.20. The maximum Gasteiger partial charge on any atom is 0.234 e. The Morgan fingerprint density at radius 3 is 2.70 bits per heavy atom. The van der Waals surface area contributed by atoms with Gasteiger partial charge in [0.1, 0.15) is 0 Å². The quantitative estimate of drug-likeness (QED) is 0.830. The molecular formula is C15H30ClN3O. The Balaban J connectivity index is 0.00000200. The van der Waals surface area contributed by atoms with E-state index in [9.17, 15) is 4.79 Å². The van der Waals surface area contributed by atoms with Crippen LogP contribution in [0.2, 0.25) is 0 Å². The molecule has 0 bridgehead atoms. The van der Waals surface area contributed by atoms with Crippen molar-refractivity contribution < 1.29 is 4.79 Å². The van der Waals surface area contributed by atoms with Gasteiger partial charge in [0.2, 0.25) is 5.91 Å². The molecule has 1 amide bonds. The van der Waals surface area contributed by atoms with Crippen molar-refractivity contribution >= 4 is 18.3 Å². The van der Waals surface area contributed by atoms with Crippen LogP contribution in [0.15, 0.2) is 0 Å². The number of amides is 1. The number of halogens is 1. The number of rotatable bonds is 4. The van der Waals surface area contributed by atoms with Gasteiger partial charge in [-0.1, -0.05) is 26.7 Å². The summed E-state index contributed by atoms with van der Waals surface area (Å²) in [6.07, 6.45) is 4.85. The summed E-state index contributed by atoms with van der Waals surface area (Å²) < 4.78 is 0. The van der Waals surface area contributed by atoms with Crippen LogP contribution in [-0.2, 0) is 4.79 Å². The fourth-order valence-electron chi connectivity index (χ4n) is 3.41. The fourth-order valence-corrected chi connectivity index (χ4v) is 3.41. The zero-order valence-electron chi connectivity index (χ0n) is 13.0. The van der Waals surface area contributed by atoms with E-state index in [0.29, 0.717) is 24.5 Å². The summed E-state index contributed by atoms with van der Waals surface area (Å²) in [7, 11) is 2.06. The van der Waals surface area contributed by atoms with Gasteiger partial charge in [-0.25, -0.2) is 0 Å². The van der Waals surface area contributed by atoms with Gasteiger partial charge in [-0.3, -0.25) is 9.69 Å². The molecule has 2 aliphatic rings. The molecule has 118 valence electrons. The standard InChI is InChI=1S/C15H29N3O.ClH/c1-11-5-4-6-14(12(11)2)17-15(19)10-18(3)13-7-8-16-9-13;/h11-14,16H,4-10H2,1-3H3,(H,17,19);1H. The monoisotopic (exact) mass is 303 g/mol. The zero-order chi connectivity index (χ0) is 13.8. The van der Waals surface area contributed by atoms with Crippen LogP contribution < -0.4 is 10.6 Å². The first kappa shape index (κ1) is 17.7. The molecule has 4 atom stereocenters. The maximum absolute atomic E-state index is 12.2. The highest BCUT2D eigenvalue weighted by atomic mass is 35.5. The summed E-state index contributed by atoms with van der Waals surface area (Å²) in [4.78, 5) is 14.3. The number of nitrogens with one attached hydrogen (secondary N) is 2. The molecule has 1 aliphatic carbocycles. The van der Waals surface area contributed by atoms with E-state index in [4.69, 9.17) is 0 Å². The molecule has 2 fully saturated rings. The lowest BCUT2D eigenvalue weighted by Gasteiger charge is -2.35. The van der Waals surface area contributed by atoms with Crippen LogP contribution in [0.4, 0.5) is 0 Å². The van der Waals surface area contributed by atoms with E-state index in [0.717, 1.165) is 31.8 Å². The highest BCUT2D eigenvalue weighted by molar-refractivity contribution is 5.85. The Bertz CT molecular complexity index is 307. The lowest BCUT2D eigenvalue weighted by molar-refractivity contribution is -0.123. The number of likely N-dealkylation sites (N-methyl/N-ethyl adjacent to an activating group) is 1. The van der Waals surface area contributed by atoms with Gasteiger partial charge in [0.25, 0.3) is 0 Å². The van der Waals surface area contributed by atoms with Gasteiger partial charge < -0.3 is 10.6 Å². The molecule has 2 rings (SSSR count). The number of carbonyl (C=O) groups excluding carboxylic acids is 1. The molecule has 4 nitrogen and oxygen atoms in total. The molecule has 5 heteroatoms. The van der Waals surface area contributed by atoms with E-state index in [-0.39, 0.29) is 18.3 Å². The lowest BCUT2D eigenvalue weighted by Crippen LogP contribution is -2.48. The Morgan fingerprint density at radius 2 is 2.05 bits per heavy atom. The molecule has 0 spiro atoms. The molecule has 0 aromatic heterocycles. The average Bonchev–Trinajstić information content (AvgIpc) is 2.88. The van der Waals surface area contributed by atoms with Crippen LogP contribution in [0, 0.1) is 11.8 Å². The first-order chi connectivity index (χ1) is 9.08. The minimum atomic E-state index is 0. The van der Waals surface area contributed by atoms with Gasteiger partial charge in [0.15, 0.2) is 0 Å². The summed E-state index contributed by atoms with van der Waals surface area (Å²) in [5, 5.41) is 6.60. The average molecular weight is 304 g/mol. The first-order valence-electron chi connectivity index (χ1n) is 7.78. The van der Waals surface area contributed by atoms with Crippen molar-refractivity contribution in [2.24, 2.45) is 11.8 Å². The summed E-state index contributed by atoms with van der Waals surface area (Å²) in [6.45, 7) is 7.21. The smallest absolute Gasteiger partial charge is 0.234 e. The summed E-state index contributed by atoms with van der Waals surface area (Å²) in [5.74, 6) is 1.53. The minimum absolute atomic E-state index is 0. The van der Waals surface area contributed by atoms with Crippen LogP contribution in [0.25, 0.3) is 0 Å². The van der Waals surface area contributed by atoms with E-state index >= 15 is 0 Å². The molecule has 2 N–H and O–H groups in total. The highest BCUT2D eigenvalue weighted by Gasteiger charge is 2.29. The van der Waals surface area contributed by atoms with Crippen LogP contribution in [0.1, 0.15) is 39.5 Å². The second-order valence-corrected chi connectivity index (χ2v) is 6.50. The maximum atomic E-state index is 12.2. The second-order valence-electron chi connectivity index (χ2n) is 6.50. The molecular weight excluding hydrogens is 274 g/mol. The Labute approximate surface area is 129 Å². The van der Waals surface area contributed by atoms with Crippen LogP contribution in [-0.4, -0.2) is 49.6 Å². The molecule has 0 aromatic rings.